The lowest BCUT2D eigenvalue weighted by Gasteiger charge is -2.10. The quantitative estimate of drug-likeness (QED) is 0.882. The van der Waals surface area contributed by atoms with Crippen LogP contribution in [0.25, 0.3) is 0 Å². The molecule has 0 radical (unpaired) electrons. The van der Waals surface area contributed by atoms with Gasteiger partial charge in [-0.3, -0.25) is 0 Å². The van der Waals surface area contributed by atoms with Crippen molar-refractivity contribution >= 4 is 17.4 Å². The van der Waals surface area contributed by atoms with E-state index in [4.69, 9.17) is 21.1 Å². The third-order valence-electron chi connectivity index (χ3n) is 2.55. The van der Waals surface area contributed by atoms with Crippen molar-refractivity contribution < 1.29 is 13.9 Å². The summed E-state index contributed by atoms with van der Waals surface area (Å²) in [6.45, 7) is 2.73. The number of rotatable bonds is 6. The maximum absolute atomic E-state index is 13.0. The lowest BCUT2D eigenvalue weighted by molar-refractivity contribution is 0.128. The molecule has 0 aliphatic carbocycles. The van der Waals surface area contributed by atoms with Gasteiger partial charge in [0.15, 0.2) is 5.82 Å². The monoisotopic (exact) mass is 311 g/mol. The van der Waals surface area contributed by atoms with Crippen molar-refractivity contribution in [3.05, 3.63) is 40.9 Å². The molecule has 2 rings (SSSR count). The number of benzene rings is 1. The zero-order chi connectivity index (χ0) is 15.2. The summed E-state index contributed by atoms with van der Waals surface area (Å²) in [5.41, 5.74) is 0. The molecule has 0 bridgehead atoms. The Kier molecular flexibility index (Phi) is 5.30. The van der Waals surface area contributed by atoms with Crippen LogP contribution in [-0.4, -0.2) is 23.6 Å². The van der Waals surface area contributed by atoms with Crippen molar-refractivity contribution in [2.24, 2.45) is 0 Å². The number of nitrogens with zero attached hydrogens (tertiary/aromatic N) is 2. The van der Waals surface area contributed by atoms with Gasteiger partial charge < -0.3 is 14.8 Å². The molecule has 0 atom stereocenters. The summed E-state index contributed by atoms with van der Waals surface area (Å²) >= 11 is 5.93. The van der Waals surface area contributed by atoms with Gasteiger partial charge in [0.2, 0.25) is 5.88 Å². The normalized spacial score (nSPS) is 10.5. The van der Waals surface area contributed by atoms with E-state index in [-0.39, 0.29) is 11.6 Å². The highest BCUT2D eigenvalue weighted by Gasteiger charge is 2.09. The first-order chi connectivity index (χ1) is 10.1. The number of nitrogens with one attached hydrogen (secondary N) is 1. The van der Waals surface area contributed by atoms with Crippen molar-refractivity contribution in [2.75, 3.05) is 19.0 Å². The molecule has 1 aromatic heterocycles. The minimum atomic E-state index is -0.428. The molecule has 7 heteroatoms. The van der Waals surface area contributed by atoms with Crippen LogP contribution in [0.5, 0.6) is 11.6 Å². The molecule has 0 aliphatic heterocycles. The summed E-state index contributed by atoms with van der Waals surface area (Å²) in [5.74, 6) is 1.27. The summed E-state index contributed by atoms with van der Waals surface area (Å²) in [7, 11) is 1.74. The van der Waals surface area contributed by atoms with Gasteiger partial charge in [-0.25, -0.2) is 9.37 Å². The predicted octanol–water partition coefficient (Wildman–Crippen LogP) is 3.64. The van der Waals surface area contributed by atoms with E-state index >= 15 is 0 Å². The Balaban J connectivity index is 2.25. The second kappa shape index (κ2) is 7.19. The van der Waals surface area contributed by atoms with E-state index in [1.807, 2.05) is 6.92 Å². The van der Waals surface area contributed by atoms with Gasteiger partial charge in [0, 0.05) is 19.7 Å². The SMILES string of the molecule is CCOCc1nc(NC)cc(Oc2ccc(F)cc2Cl)n1. The maximum atomic E-state index is 13.0. The van der Waals surface area contributed by atoms with Crippen LogP contribution in [0.1, 0.15) is 12.7 Å². The molecule has 2 aromatic rings. The van der Waals surface area contributed by atoms with Crippen molar-refractivity contribution in [1.29, 1.82) is 0 Å². The summed E-state index contributed by atoms with van der Waals surface area (Å²) < 4.78 is 23.9. The van der Waals surface area contributed by atoms with Crippen LogP contribution in [0.15, 0.2) is 24.3 Å². The standard InChI is InChI=1S/C14H15ClFN3O2/c1-3-20-8-13-18-12(17-2)7-14(19-13)21-11-5-4-9(16)6-10(11)15/h4-7H,3,8H2,1-2H3,(H,17,18,19). The fourth-order valence-electron chi connectivity index (χ4n) is 1.58. The summed E-state index contributed by atoms with van der Waals surface area (Å²) in [5, 5.41) is 3.09. The fourth-order valence-corrected chi connectivity index (χ4v) is 1.79. The van der Waals surface area contributed by atoms with Gasteiger partial charge in [0.1, 0.15) is 24.0 Å². The Bertz CT molecular complexity index is 625. The number of halogens is 2. The van der Waals surface area contributed by atoms with Crippen LogP contribution in [0, 0.1) is 5.82 Å². The highest BCUT2D eigenvalue weighted by molar-refractivity contribution is 6.32. The topological polar surface area (TPSA) is 56.3 Å². The zero-order valence-corrected chi connectivity index (χ0v) is 12.4. The van der Waals surface area contributed by atoms with Gasteiger partial charge in [0.25, 0.3) is 0 Å². The van der Waals surface area contributed by atoms with Gasteiger partial charge >= 0.3 is 0 Å². The molecule has 1 aromatic carbocycles. The molecule has 5 nitrogen and oxygen atoms in total. The summed E-state index contributed by atoms with van der Waals surface area (Å²) in [6.07, 6.45) is 0. The van der Waals surface area contributed by atoms with Crippen LogP contribution in [0.3, 0.4) is 0 Å². The van der Waals surface area contributed by atoms with Crippen molar-refractivity contribution in [2.45, 2.75) is 13.5 Å². The second-order valence-electron chi connectivity index (χ2n) is 4.07. The molecule has 1 heterocycles. The second-order valence-corrected chi connectivity index (χ2v) is 4.48. The first-order valence-corrected chi connectivity index (χ1v) is 6.76. The van der Waals surface area contributed by atoms with Crippen LogP contribution in [0.2, 0.25) is 5.02 Å². The highest BCUT2D eigenvalue weighted by atomic mass is 35.5. The van der Waals surface area contributed by atoms with E-state index in [2.05, 4.69) is 15.3 Å². The number of aromatic nitrogens is 2. The number of anilines is 1. The van der Waals surface area contributed by atoms with Crippen LogP contribution in [0.4, 0.5) is 10.2 Å². The fraction of sp³-hybridized carbons (Fsp3) is 0.286. The van der Waals surface area contributed by atoms with E-state index in [1.165, 1.54) is 18.2 Å². The molecular formula is C14H15ClFN3O2. The number of hydrogen-bond acceptors (Lipinski definition) is 5. The average molecular weight is 312 g/mol. The Morgan fingerprint density at radius 3 is 2.76 bits per heavy atom. The predicted molar refractivity (Wildman–Crippen MR) is 78.4 cm³/mol. The average Bonchev–Trinajstić information content (AvgIpc) is 2.48. The molecule has 21 heavy (non-hydrogen) atoms. The molecule has 112 valence electrons. The Hall–Kier alpha value is -1.92. The van der Waals surface area contributed by atoms with Crippen LogP contribution in [-0.2, 0) is 11.3 Å². The van der Waals surface area contributed by atoms with Gasteiger partial charge in [-0.05, 0) is 25.1 Å². The van der Waals surface area contributed by atoms with Crippen molar-refractivity contribution in [3.63, 3.8) is 0 Å². The summed E-state index contributed by atoms with van der Waals surface area (Å²) in [6, 6.07) is 5.51. The minimum absolute atomic E-state index is 0.172. The molecule has 0 saturated heterocycles. The number of hydrogen-bond donors (Lipinski definition) is 1. The molecule has 0 spiro atoms. The molecule has 0 unspecified atom stereocenters. The maximum Gasteiger partial charge on any atom is 0.224 e. The highest BCUT2D eigenvalue weighted by Crippen LogP contribution is 2.29. The van der Waals surface area contributed by atoms with E-state index < -0.39 is 5.82 Å². The summed E-state index contributed by atoms with van der Waals surface area (Å²) in [4.78, 5) is 8.47. The van der Waals surface area contributed by atoms with Crippen molar-refractivity contribution in [1.82, 2.24) is 9.97 Å². The van der Waals surface area contributed by atoms with Gasteiger partial charge in [-0.2, -0.15) is 4.98 Å². The van der Waals surface area contributed by atoms with E-state index in [0.29, 0.717) is 29.9 Å². The van der Waals surface area contributed by atoms with Crippen molar-refractivity contribution in [3.8, 4) is 11.6 Å². The molecular weight excluding hydrogens is 297 g/mol. The van der Waals surface area contributed by atoms with E-state index in [1.54, 1.807) is 13.1 Å². The Morgan fingerprint density at radius 1 is 1.29 bits per heavy atom. The molecule has 0 saturated carbocycles. The largest absolute Gasteiger partial charge is 0.437 e. The van der Waals surface area contributed by atoms with E-state index in [9.17, 15) is 4.39 Å². The molecule has 0 amide bonds. The zero-order valence-electron chi connectivity index (χ0n) is 11.7. The molecule has 1 N–H and O–H groups in total. The third kappa shape index (κ3) is 4.27. The van der Waals surface area contributed by atoms with Gasteiger partial charge in [-0.15, -0.1) is 0 Å². The lowest BCUT2D eigenvalue weighted by atomic mass is 10.3. The first-order valence-electron chi connectivity index (χ1n) is 6.38. The third-order valence-corrected chi connectivity index (χ3v) is 2.84. The minimum Gasteiger partial charge on any atom is -0.437 e. The Morgan fingerprint density at radius 2 is 2.10 bits per heavy atom. The molecule has 0 aliphatic rings. The smallest absolute Gasteiger partial charge is 0.224 e. The van der Waals surface area contributed by atoms with E-state index in [0.717, 1.165) is 0 Å². The van der Waals surface area contributed by atoms with Gasteiger partial charge in [-0.1, -0.05) is 11.6 Å². The lowest BCUT2D eigenvalue weighted by Crippen LogP contribution is -2.04. The Labute approximate surface area is 127 Å². The molecule has 0 fully saturated rings. The van der Waals surface area contributed by atoms with Crippen LogP contribution < -0.4 is 10.1 Å². The first kappa shape index (κ1) is 15.5. The number of ether oxygens (including phenoxy) is 2. The van der Waals surface area contributed by atoms with Gasteiger partial charge in [0.05, 0.1) is 5.02 Å². The van der Waals surface area contributed by atoms with Crippen LogP contribution >= 0.6 is 11.6 Å².